The summed E-state index contributed by atoms with van der Waals surface area (Å²) in [6.45, 7) is 1.39. The monoisotopic (exact) mass is 350 g/mol. The van der Waals surface area contributed by atoms with Gasteiger partial charge in [-0.3, -0.25) is 4.79 Å². The van der Waals surface area contributed by atoms with Gasteiger partial charge in [0.1, 0.15) is 6.10 Å². The van der Waals surface area contributed by atoms with Gasteiger partial charge in [0.2, 0.25) is 5.91 Å². The first-order chi connectivity index (χ1) is 12.1. The van der Waals surface area contributed by atoms with Gasteiger partial charge in [-0.2, -0.15) is 0 Å². The summed E-state index contributed by atoms with van der Waals surface area (Å²) >= 11 is 0. The Morgan fingerprint density at radius 1 is 1.20 bits per heavy atom. The summed E-state index contributed by atoms with van der Waals surface area (Å²) in [7, 11) is 0. The Kier molecular flexibility index (Phi) is 4.73. The summed E-state index contributed by atoms with van der Waals surface area (Å²) in [5.41, 5.74) is 0.580. The number of hydrogen-bond donors (Lipinski definition) is 1. The number of piperidine rings is 1. The highest BCUT2D eigenvalue weighted by Gasteiger charge is 2.35. The minimum absolute atomic E-state index is 0.155. The predicted octanol–water partition coefficient (Wildman–Crippen LogP) is 2.79. The van der Waals surface area contributed by atoms with Gasteiger partial charge in [0.05, 0.1) is 13.2 Å². The lowest BCUT2D eigenvalue weighted by atomic mass is 9.89. The molecule has 1 N–H and O–H groups in total. The SMILES string of the molecule is O=C(CC1CC2CCC(C1)N2)N1CCOC(c2ccc(F)c(F)c2)C1. The zero-order chi connectivity index (χ0) is 17.4. The molecular weight excluding hydrogens is 326 g/mol. The van der Waals surface area contributed by atoms with E-state index in [1.165, 1.54) is 25.0 Å². The molecule has 0 aliphatic carbocycles. The molecule has 136 valence electrons. The maximum absolute atomic E-state index is 13.5. The van der Waals surface area contributed by atoms with Crippen molar-refractivity contribution in [2.45, 2.75) is 50.3 Å². The van der Waals surface area contributed by atoms with Crippen LogP contribution < -0.4 is 5.32 Å². The van der Waals surface area contributed by atoms with Crippen LogP contribution in [0, 0.1) is 17.6 Å². The van der Waals surface area contributed by atoms with E-state index in [1.54, 1.807) is 0 Å². The lowest BCUT2D eigenvalue weighted by Crippen LogP contribution is -2.44. The largest absolute Gasteiger partial charge is 0.370 e. The standard InChI is InChI=1S/C19H24F2N2O2/c20-16-4-1-13(10-17(16)21)18-11-23(5-6-25-18)19(24)9-12-7-14-2-3-15(8-12)22-14/h1,4,10,12,14-15,18,22H,2-3,5-9,11H2. The van der Waals surface area contributed by atoms with Crippen LogP contribution in [0.1, 0.15) is 43.8 Å². The highest BCUT2D eigenvalue weighted by molar-refractivity contribution is 5.76. The molecule has 3 heterocycles. The van der Waals surface area contributed by atoms with Crippen LogP contribution in [-0.4, -0.2) is 42.6 Å². The fourth-order valence-corrected chi connectivity index (χ4v) is 4.51. The maximum atomic E-state index is 13.5. The van der Waals surface area contributed by atoms with Crippen LogP contribution in [0.2, 0.25) is 0 Å². The van der Waals surface area contributed by atoms with Gasteiger partial charge in [0.15, 0.2) is 11.6 Å². The molecule has 3 fully saturated rings. The Bertz CT molecular complexity index is 642. The summed E-state index contributed by atoms with van der Waals surface area (Å²) in [6, 6.07) is 4.96. The smallest absolute Gasteiger partial charge is 0.223 e. The van der Waals surface area contributed by atoms with Crippen molar-refractivity contribution in [3.63, 3.8) is 0 Å². The maximum Gasteiger partial charge on any atom is 0.223 e. The Hall–Kier alpha value is -1.53. The molecule has 1 aromatic rings. The van der Waals surface area contributed by atoms with Gasteiger partial charge in [-0.25, -0.2) is 8.78 Å². The zero-order valence-electron chi connectivity index (χ0n) is 14.2. The van der Waals surface area contributed by atoms with E-state index in [0.29, 0.717) is 49.7 Å². The van der Waals surface area contributed by atoms with Crippen molar-refractivity contribution in [2.24, 2.45) is 5.92 Å². The summed E-state index contributed by atoms with van der Waals surface area (Å²) < 4.78 is 32.3. The van der Waals surface area contributed by atoms with Crippen molar-refractivity contribution >= 4 is 5.91 Å². The number of halogens is 2. The molecule has 1 aromatic carbocycles. The molecule has 3 unspecified atom stereocenters. The average Bonchev–Trinajstić information content (AvgIpc) is 2.96. The molecule has 3 aliphatic rings. The van der Waals surface area contributed by atoms with Gasteiger partial charge < -0.3 is 15.0 Å². The van der Waals surface area contributed by atoms with Crippen LogP contribution in [0.25, 0.3) is 0 Å². The number of amides is 1. The van der Waals surface area contributed by atoms with E-state index in [-0.39, 0.29) is 5.91 Å². The quantitative estimate of drug-likeness (QED) is 0.911. The summed E-state index contributed by atoms with van der Waals surface area (Å²) in [4.78, 5) is 14.5. The van der Waals surface area contributed by atoms with Crippen molar-refractivity contribution in [1.82, 2.24) is 10.2 Å². The Labute approximate surface area is 146 Å². The highest BCUT2D eigenvalue weighted by Crippen LogP contribution is 2.33. The first-order valence-corrected chi connectivity index (χ1v) is 9.19. The molecule has 3 aliphatic heterocycles. The summed E-state index contributed by atoms with van der Waals surface area (Å²) in [6.07, 6.45) is 4.81. The van der Waals surface area contributed by atoms with E-state index in [2.05, 4.69) is 5.32 Å². The lowest BCUT2D eigenvalue weighted by Gasteiger charge is -2.35. The second-order valence-electron chi connectivity index (χ2n) is 7.55. The number of ether oxygens (including phenoxy) is 1. The van der Waals surface area contributed by atoms with Gasteiger partial charge in [0, 0.05) is 25.0 Å². The molecule has 0 saturated carbocycles. The van der Waals surface area contributed by atoms with E-state index in [0.717, 1.165) is 18.9 Å². The molecule has 0 aromatic heterocycles. The average molecular weight is 350 g/mol. The predicted molar refractivity (Wildman–Crippen MR) is 88.9 cm³/mol. The molecule has 4 nitrogen and oxygen atoms in total. The van der Waals surface area contributed by atoms with E-state index in [4.69, 9.17) is 4.74 Å². The third-order valence-electron chi connectivity index (χ3n) is 5.77. The van der Waals surface area contributed by atoms with Gasteiger partial charge in [-0.15, -0.1) is 0 Å². The number of morpholine rings is 1. The van der Waals surface area contributed by atoms with E-state index in [1.807, 2.05) is 4.90 Å². The van der Waals surface area contributed by atoms with Crippen LogP contribution in [0.4, 0.5) is 8.78 Å². The normalized spacial score (nSPS) is 32.0. The number of carbonyl (C=O) groups is 1. The minimum atomic E-state index is -0.880. The third-order valence-corrected chi connectivity index (χ3v) is 5.77. The molecule has 25 heavy (non-hydrogen) atoms. The second-order valence-corrected chi connectivity index (χ2v) is 7.55. The zero-order valence-corrected chi connectivity index (χ0v) is 14.2. The second kappa shape index (κ2) is 7.00. The van der Waals surface area contributed by atoms with Crippen LogP contribution in [-0.2, 0) is 9.53 Å². The molecule has 6 heteroatoms. The van der Waals surface area contributed by atoms with Crippen molar-refractivity contribution in [3.05, 3.63) is 35.4 Å². The van der Waals surface area contributed by atoms with Crippen molar-refractivity contribution in [2.75, 3.05) is 19.7 Å². The molecule has 0 radical (unpaired) electrons. The number of nitrogens with zero attached hydrogens (tertiary/aromatic N) is 1. The third kappa shape index (κ3) is 3.70. The lowest BCUT2D eigenvalue weighted by molar-refractivity contribution is -0.140. The number of nitrogens with one attached hydrogen (secondary N) is 1. The van der Waals surface area contributed by atoms with Gasteiger partial charge in [0.25, 0.3) is 0 Å². The number of benzene rings is 1. The molecule has 4 rings (SSSR count). The van der Waals surface area contributed by atoms with Crippen LogP contribution in [0.15, 0.2) is 18.2 Å². The first-order valence-electron chi connectivity index (χ1n) is 9.19. The number of carbonyl (C=O) groups excluding carboxylic acids is 1. The summed E-state index contributed by atoms with van der Waals surface area (Å²) in [5.74, 6) is -1.14. The molecule has 3 atom stereocenters. The molecule has 2 bridgehead atoms. The van der Waals surface area contributed by atoms with Crippen LogP contribution >= 0.6 is 0 Å². The number of hydrogen-bond acceptors (Lipinski definition) is 3. The first kappa shape index (κ1) is 16.9. The van der Waals surface area contributed by atoms with Crippen molar-refractivity contribution in [1.29, 1.82) is 0 Å². The topological polar surface area (TPSA) is 41.6 Å². The summed E-state index contributed by atoms with van der Waals surface area (Å²) in [5, 5.41) is 3.60. The highest BCUT2D eigenvalue weighted by atomic mass is 19.2. The Morgan fingerprint density at radius 2 is 1.96 bits per heavy atom. The molecule has 0 spiro atoms. The molecular formula is C19H24F2N2O2. The van der Waals surface area contributed by atoms with Gasteiger partial charge in [-0.05, 0) is 49.3 Å². The fraction of sp³-hybridized carbons (Fsp3) is 0.632. The van der Waals surface area contributed by atoms with E-state index < -0.39 is 17.7 Å². The Balaban J connectivity index is 1.37. The van der Waals surface area contributed by atoms with Crippen LogP contribution in [0.3, 0.4) is 0 Å². The van der Waals surface area contributed by atoms with Crippen LogP contribution in [0.5, 0.6) is 0 Å². The van der Waals surface area contributed by atoms with Crippen molar-refractivity contribution in [3.8, 4) is 0 Å². The Morgan fingerprint density at radius 3 is 2.68 bits per heavy atom. The van der Waals surface area contributed by atoms with Crippen molar-refractivity contribution < 1.29 is 18.3 Å². The van der Waals surface area contributed by atoms with E-state index >= 15 is 0 Å². The minimum Gasteiger partial charge on any atom is -0.370 e. The number of fused-ring (bicyclic) bond motifs is 2. The van der Waals surface area contributed by atoms with Gasteiger partial charge in [-0.1, -0.05) is 6.07 Å². The van der Waals surface area contributed by atoms with Gasteiger partial charge >= 0.3 is 0 Å². The molecule has 1 amide bonds. The molecule has 3 saturated heterocycles. The number of rotatable bonds is 3. The fourth-order valence-electron chi connectivity index (χ4n) is 4.51. The van der Waals surface area contributed by atoms with E-state index in [9.17, 15) is 13.6 Å².